The van der Waals surface area contributed by atoms with Gasteiger partial charge >= 0.3 is 11.9 Å². The molecule has 7 nitrogen and oxygen atoms in total. The van der Waals surface area contributed by atoms with Crippen LogP contribution >= 0.6 is 0 Å². The van der Waals surface area contributed by atoms with Gasteiger partial charge in [0.2, 0.25) is 5.91 Å². The van der Waals surface area contributed by atoms with Gasteiger partial charge in [-0.05, 0) is 13.8 Å². The second-order valence-corrected chi connectivity index (χ2v) is 5.72. The molecule has 1 aliphatic heterocycles. The fourth-order valence-corrected chi connectivity index (χ4v) is 2.01. The second-order valence-electron chi connectivity index (χ2n) is 5.72. The molecule has 0 unspecified atom stereocenters. The van der Waals surface area contributed by atoms with Crippen LogP contribution in [-0.4, -0.2) is 50.3 Å². The van der Waals surface area contributed by atoms with Gasteiger partial charge in [-0.25, -0.2) is 4.79 Å². The van der Waals surface area contributed by atoms with E-state index in [1.807, 2.05) is 13.0 Å². The van der Waals surface area contributed by atoms with E-state index in [0.717, 1.165) is 0 Å². The third-order valence-electron chi connectivity index (χ3n) is 3.63. The molecule has 4 atom stereocenters. The Morgan fingerprint density at radius 3 is 2.39 bits per heavy atom. The zero-order valence-electron chi connectivity index (χ0n) is 14.0. The SMILES string of the molecule is CO[C@H]1COC(=O)[C@@H](C)COC(=O)[C@H](C)NC(=O)CC=C[C@H]1C. The smallest absolute Gasteiger partial charge is 0.328 e. The van der Waals surface area contributed by atoms with Crippen LogP contribution in [0.15, 0.2) is 12.2 Å². The normalized spacial score (nSPS) is 31.4. The average Bonchev–Trinajstić information content (AvgIpc) is 2.51. The summed E-state index contributed by atoms with van der Waals surface area (Å²) in [6, 6.07) is -0.770. The van der Waals surface area contributed by atoms with Crippen molar-refractivity contribution in [2.75, 3.05) is 20.3 Å². The largest absolute Gasteiger partial charge is 0.463 e. The second kappa shape index (κ2) is 9.29. The molecule has 0 aromatic rings. The van der Waals surface area contributed by atoms with Crippen molar-refractivity contribution in [2.24, 2.45) is 11.8 Å². The van der Waals surface area contributed by atoms with Gasteiger partial charge in [0.05, 0.1) is 12.0 Å². The van der Waals surface area contributed by atoms with Gasteiger partial charge < -0.3 is 19.5 Å². The Balaban J connectivity index is 2.83. The van der Waals surface area contributed by atoms with Crippen molar-refractivity contribution in [3.8, 4) is 0 Å². The minimum absolute atomic E-state index is 0.0312. The highest BCUT2D eigenvalue weighted by Crippen LogP contribution is 2.11. The van der Waals surface area contributed by atoms with Crippen LogP contribution in [-0.2, 0) is 28.6 Å². The summed E-state index contributed by atoms with van der Waals surface area (Å²) < 4.78 is 15.6. The Bertz CT molecular complexity index is 461. The molecule has 0 spiro atoms. The van der Waals surface area contributed by atoms with Gasteiger partial charge in [-0.1, -0.05) is 19.1 Å². The summed E-state index contributed by atoms with van der Waals surface area (Å²) >= 11 is 0. The number of nitrogens with one attached hydrogen (secondary N) is 1. The van der Waals surface area contributed by atoms with E-state index in [1.165, 1.54) is 14.0 Å². The molecule has 1 heterocycles. The van der Waals surface area contributed by atoms with Crippen LogP contribution in [0.2, 0.25) is 0 Å². The summed E-state index contributed by atoms with van der Waals surface area (Å²) in [6.07, 6.45) is 3.37. The number of ether oxygens (including phenoxy) is 3. The number of esters is 2. The van der Waals surface area contributed by atoms with Crippen molar-refractivity contribution in [1.29, 1.82) is 0 Å². The standard InChI is InChI=1S/C16H25NO6/c1-10-6-5-7-14(18)17-12(3)16(20)22-8-11(2)15(19)23-9-13(10)21-4/h5-6,10-13H,7-9H2,1-4H3,(H,17,18)/t10-,11+,12+,13+/m1/s1. The lowest BCUT2D eigenvalue weighted by Gasteiger charge is -2.21. The highest BCUT2D eigenvalue weighted by Gasteiger charge is 2.23. The van der Waals surface area contributed by atoms with E-state index in [2.05, 4.69) is 5.32 Å². The zero-order chi connectivity index (χ0) is 17.4. The Morgan fingerprint density at radius 2 is 1.74 bits per heavy atom. The van der Waals surface area contributed by atoms with Crippen molar-refractivity contribution in [3.63, 3.8) is 0 Å². The van der Waals surface area contributed by atoms with Crippen LogP contribution in [0.5, 0.6) is 0 Å². The molecular weight excluding hydrogens is 302 g/mol. The number of amides is 1. The van der Waals surface area contributed by atoms with Crippen LogP contribution in [0, 0.1) is 11.8 Å². The van der Waals surface area contributed by atoms with E-state index < -0.39 is 23.9 Å². The predicted octanol–water partition coefficient (Wildman–Crippen LogP) is 0.825. The van der Waals surface area contributed by atoms with E-state index in [1.54, 1.807) is 13.0 Å². The van der Waals surface area contributed by atoms with Crippen LogP contribution in [0.1, 0.15) is 27.2 Å². The molecule has 1 amide bonds. The fraction of sp³-hybridized carbons (Fsp3) is 0.688. The Hall–Kier alpha value is -1.89. The van der Waals surface area contributed by atoms with Crippen molar-refractivity contribution in [2.45, 2.75) is 39.3 Å². The molecule has 1 N–H and O–H groups in total. The summed E-state index contributed by atoms with van der Waals surface area (Å²) in [5.41, 5.74) is 0. The Labute approximate surface area is 136 Å². The number of hydrogen-bond donors (Lipinski definition) is 1. The molecule has 0 aromatic carbocycles. The Kier molecular flexibility index (Phi) is 7.74. The molecule has 1 rings (SSSR count). The summed E-state index contributed by atoms with van der Waals surface area (Å²) in [5, 5.41) is 2.55. The monoisotopic (exact) mass is 327 g/mol. The first-order chi connectivity index (χ1) is 10.8. The average molecular weight is 327 g/mol. The van der Waals surface area contributed by atoms with Gasteiger partial charge in [-0.3, -0.25) is 9.59 Å². The van der Waals surface area contributed by atoms with Gasteiger partial charge in [-0.2, -0.15) is 0 Å². The zero-order valence-corrected chi connectivity index (χ0v) is 14.0. The lowest BCUT2D eigenvalue weighted by molar-refractivity contribution is -0.158. The molecule has 130 valence electrons. The summed E-state index contributed by atoms with van der Waals surface area (Å²) in [5.74, 6) is -1.93. The van der Waals surface area contributed by atoms with Gasteiger partial charge in [-0.15, -0.1) is 0 Å². The lowest BCUT2D eigenvalue weighted by atomic mass is 10.0. The number of cyclic esters (lactones) is 2. The highest BCUT2D eigenvalue weighted by atomic mass is 16.6. The molecule has 0 aromatic heterocycles. The van der Waals surface area contributed by atoms with E-state index in [9.17, 15) is 14.4 Å². The van der Waals surface area contributed by atoms with Crippen molar-refractivity contribution in [3.05, 3.63) is 12.2 Å². The van der Waals surface area contributed by atoms with E-state index in [4.69, 9.17) is 14.2 Å². The molecule has 0 saturated carbocycles. The van der Waals surface area contributed by atoms with E-state index >= 15 is 0 Å². The first-order valence-electron chi connectivity index (χ1n) is 7.67. The van der Waals surface area contributed by atoms with Crippen LogP contribution < -0.4 is 5.32 Å². The first kappa shape index (κ1) is 19.2. The third-order valence-corrected chi connectivity index (χ3v) is 3.63. The van der Waals surface area contributed by atoms with Gasteiger partial charge in [0, 0.05) is 19.4 Å². The fourth-order valence-electron chi connectivity index (χ4n) is 2.01. The number of carbonyl (C=O) groups excluding carboxylic acids is 3. The van der Waals surface area contributed by atoms with E-state index in [0.29, 0.717) is 0 Å². The Morgan fingerprint density at radius 1 is 1.09 bits per heavy atom. The van der Waals surface area contributed by atoms with Crippen molar-refractivity contribution >= 4 is 17.8 Å². The summed E-state index contributed by atoms with van der Waals surface area (Å²) in [6.45, 7) is 5.06. The molecule has 1 aliphatic rings. The van der Waals surface area contributed by atoms with Crippen LogP contribution in [0.4, 0.5) is 0 Å². The van der Waals surface area contributed by atoms with E-state index in [-0.39, 0.29) is 37.6 Å². The maximum absolute atomic E-state index is 11.9. The molecule has 0 radical (unpaired) electrons. The summed E-state index contributed by atoms with van der Waals surface area (Å²) in [4.78, 5) is 35.4. The van der Waals surface area contributed by atoms with Crippen LogP contribution in [0.3, 0.4) is 0 Å². The quantitative estimate of drug-likeness (QED) is 0.566. The molecule has 0 saturated heterocycles. The van der Waals surface area contributed by atoms with Crippen molar-refractivity contribution in [1.82, 2.24) is 5.32 Å². The number of hydrogen-bond acceptors (Lipinski definition) is 6. The number of carbonyl (C=O) groups is 3. The molecule has 0 aliphatic carbocycles. The molecular formula is C16H25NO6. The lowest BCUT2D eigenvalue weighted by Crippen LogP contribution is -2.40. The van der Waals surface area contributed by atoms with Gasteiger partial charge in [0.1, 0.15) is 19.3 Å². The minimum Gasteiger partial charge on any atom is -0.463 e. The molecule has 0 fully saturated rings. The molecule has 23 heavy (non-hydrogen) atoms. The minimum atomic E-state index is -0.770. The highest BCUT2D eigenvalue weighted by molar-refractivity contribution is 5.85. The molecule has 0 bridgehead atoms. The number of methoxy groups -OCH3 is 1. The van der Waals surface area contributed by atoms with Gasteiger partial charge in [0.15, 0.2) is 0 Å². The van der Waals surface area contributed by atoms with Crippen LogP contribution in [0.25, 0.3) is 0 Å². The van der Waals surface area contributed by atoms with Gasteiger partial charge in [0.25, 0.3) is 0 Å². The maximum atomic E-state index is 11.9. The summed E-state index contributed by atoms with van der Waals surface area (Å²) in [7, 11) is 1.54. The number of rotatable bonds is 1. The first-order valence-corrected chi connectivity index (χ1v) is 7.67. The molecule has 7 heteroatoms. The maximum Gasteiger partial charge on any atom is 0.328 e. The topological polar surface area (TPSA) is 90.9 Å². The third kappa shape index (κ3) is 6.40. The predicted molar refractivity (Wildman–Crippen MR) is 82.4 cm³/mol. The van der Waals surface area contributed by atoms with Crippen molar-refractivity contribution < 1.29 is 28.6 Å².